The van der Waals surface area contributed by atoms with Crippen molar-refractivity contribution in [3.63, 3.8) is 0 Å². The molecule has 0 saturated heterocycles. The number of halogens is 1. The van der Waals surface area contributed by atoms with Crippen LogP contribution < -0.4 is 5.32 Å². The number of nitrogens with one attached hydrogen (secondary N) is 1. The van der Waals surface area contributed by atoms with Crippen molar-refractivity contribution in [3.05, 3.63) is 40.2 Å². The molecule has 116 valence electrons. The molecular formula is C15H16ClN3O3. The first-order chi connectivity index (χ1) is 10.6. The Balaban J connectivity index is 1.87. The third-order valence-electron chi connectivity index (χ3n) is 3.42. The second kappa shape index (κ2) is 5.96. The average Bonchev–Trinajstić information content (AvgIpc) is 3.28. The number of anilines is 1. The molecule has 0 radical (unpaired) electrons. The van der Waals surface area contributed by atoms with Gasteiger partial charge in [0, 0.05) is 5.92 Å². The number of carbonyl (C=O) groups excluding carboxylic acids is 1. The lowest BCUT2D eigenvalue weighted by Crippen LogP contribution is -2.12. The molecule has 0 amide bonds. The minimum Gasteiger partial charge on any atom is -0.465 e. The summed E-state index contributed by atoms with van der Waals surface area (Å²) in [6.07, 6.45) is 2.05. The van der Waals surface area contributed by atoms with E-state index < -0.39 is 5.97 Å². The van der Waals surface area contributed by atoms with E-state index in [1.54, 1.807) is 0 Å². The number of nitrogens with zero attached hydrogens (tertiary/aromatic N) is 2. The monoisotopic (exact) mass is 321 g/mol. The highest BCUT2D eigenvalue weighted by molar-refractivity contribution is 6.35. The van der Waals surface area contributed by atoms with Gasteiger partial charge < -0.3 is 14.5 Å². The van der Waals surface area contributed by atoms with Crippen molar-refractivity contribution < 1.29 is 13.9 Å². The topological polar surface area (TPSA) is 77.2 Å². The van der Waals surface area contributed by atoms with Gasteiger partial charge in [-0.3, -0.25) is 0 Å². The summed E-state index contributed by atoms with van der Waals surface area (Å²) in [5.41, 5.74) is 0.0965. The molecule has 1 N–H and O–H groups in total. The first-order valence-corrected chi connectivity index (χ1v) is 7.41. The molecule has 6 nitrogen and oxygen atoms in total. The zero-order valence-electron chi connectivity index (χ0n) is 12.4. The van der Waals surface area contributed by atoms with Crippen molar-refractivity contribution in [1.29, 1.82) is 0 Å². The van der Waals surface area contributed by atoms with Crippen LogP contribution >= 0.6 is 11.6 Å². The Bertz CT molecular complexity index is 710. The highest BCUT2D eigenvalue weighted by atomic mass is 35.5. The molecular weight excluding hydrogens is 306 g/mol. The van der Waals surface area contributed by atoms with Gasteiger partial charge in [0.05, 0.1) is 13.7 Å². The summed E-state index contributed by atoms with van der Waals surface area (Å²) in [6.45, 7) is 2.30. The maximum absolute atomic E-state index is 11.8. The van der Waals surface area contributed by atoms with Gasteiger partial charge in [-0.1, -0.05) is 11.6 Å². The number of hydrogen-bond donors (Lipinski definition) is 1. The molecule has 2 heterocycles. The highest BCUT2D eigenvalue weighted by Crippen LogP contribution is 2.39. The fraction of sp³-hybridized carbons (Fsp3) is 0.400. The van der Waals surface area contributed by atoms with Crippen molar-refractivity contribution in [1.82, 2.24) is 9.97 Å². The van der Waals surface area contributed by atoms with Crippen LogP contribution in [0.2, 0.25) is 5.02 Å². The molecule has 2 aromatic heterocycles. The Morgan fingerprint density at radius 3 is 2.82 bits per heavy atom. The summed E-state index contributed by atoms with van der Waals surface area (Å²) in [5, 5.41) is 3.27. The molecule has 22 heavy (non-hydrogen) atoms. The van der Waals surface area contributed by atoms with Crippen LogP contribution in [-0.2, 0) is 11.3 Å². The van der Waals surface area contributed by atoms with E-state index >= 15 is 0 Å². The lowest BCUT2D eigenvalue weighted by atomic mass is 10.3. The van der Waals surface area contributed by atoms with Gasteiger partial charge in [0.15, 0.2) is 5.69 Å². The summed E-state index contributed by atoms with van der Waals surface area (Å²) in [4.78, 5) is 20.5. The second-order valence-electron chi connectivity index (χ2n) is 5.22. The standard InChI is InChI=1S/C15H16ClN3O3/c1-8-3-6-10(22-8)7-17-14-11(16)12(15(20)21-2)18-13(19-14)9-4-5-9/h3,6,9H,4-5,7H2,1-2H3,(H,17,18,19). The Morgan fingerprint density at radius 2 is 2.23 bits per heavy atom. The Kier molecular flexibility index (Phi) is 4.02. The molecule has 0 spiro atoms. The average molecular weight is 322 g/mol. The first kappa shape index (κ1) is 14.8. The highest BCUT2D eigenvalue weighted by Gasteiger charge is 2.30. The fourth-order valence-electron chi connectivity index (χ4n) is 2.09. The molecule has 7 heteroatoms. The lowest BCUT2D eigenvalue weighted by Gasteiger charge is -2.11. The lowest BCUT2D eigenvalue weighted by molar-refractivity contribution is 0.0593. The van der Waals surface area contributed by atoms with Crippen molar-refractivity contribution in [2.24, 2.45) is 0 Å². The van der Waals surface area contributed by atoms with Crippen LogP contribution in [-0.4, -0.2) is 23.0 Å². The Labute approximate surface area is 132 Å². The fourth-order valence-corrected chi connectivity index (χ4v) is 2.32. The van der Waals surface area contributed by atoms with Crippen LogP contribution in [0, 0.1) is 6.92 Å². The SMILES string of the molecule is COC(=O)c1nc(C2CC2)nc(NCc2ccc(C)o2)c1Cl. The van der Waals surface area contributed by atoms with Crippen molar-refractivity contribution >= 4 is 23.4 Å². The quantitative estimate of drug-likeness (QED) is 0.851. The predicted octanol–water partition coefficient (Wildman–Crippen LogP) is 3.31. The van der Waals surface area contributed by atoms with Crippen LogP contribution in [0.3, 0.4) is 0 Å². The summed E-state index contributed by atoms with van der Waals surface area (Å²) in [6, 6.07) is 3.76. The Morgan fingerprint density at radius 1 is 1.45 bits per heavy atom. The van der Waals surface area contributed by atoms with Crippen LogP contribution in [0.4, 0.5) is 5.82 Å². The van der Waals surface area contributed by atoms with E-state index in [-0.39, 0.29) is 10.7 Å². The summed E-state index contributed by atoms with van der Waals surface area (Å²) in [7, 11) is 1.30. The van der Waals surface area contributed by atoms with E-state index in [0.29, 0.717) is 24.1 Å². The van der Waals surface area contributed by atoms with Crippen molar-refractivity contribution in [2.75, 3.05) is 12.4 Å². The maximum atomic E-state index is 11.8. The van der Waals surface area contributed by atoms with Gasteiger partial charge >= 0.3 is 5.97 Å². The molecule has 1 fully saturated rings. The summed E-state index contributed by atoms with van der Waals surface area (Å²) < 4.78 is 10.2. The number of rotatable bonds is 5. The van der Waals surface area contributed by atoms with Gasteiger partial charge in [0.25, 0.3) is 0 Å². The third kappa shape index (κ3) is 3.06. The van der Waals surface area contributed by atoms with E-state index in [9.17, 15) is 4.79 Å². The number of hydrogen-bond acceptors (Lipinski definition) is 6. The number of aryl methyl sites for hydroxylation is 1. The summed E-state index contributed by atoms with van der Waals surface area (Å²) in [5.74, 6) is 2.38. The largest absolute Gasteiger partial charge is 0.465 e. The van der Waals surface area contributed by atoms with Gasteiger partial charge in [-0.2, -0.15) is 0 Å². The van der Waals surface area contributed by atoms with Gasteiger partial charge in [0.1, 0.15) is 28.2 Å². The number of carbonyl (C=O) groups is 1. The first-order valence-electron chi connectivity index (χ1n) is 7.03. The van der Waals surface area contributed by atoms with Crippen LogP contribution in [0.5, 0.6) is 0 Å². The van der Waals surface area contributed by atoms with Crippen LogP contribution in [0.25, 0.3) is 0 Å². The third-order valence-corrected chi connectivity index (χ3v) is 3.77. The zero-order chi connectivity index (χ0) is 15.7. The van der Waals surface area contributed by atoms with E-state index in [1.807, 2.05) is 19.1 Å². The van der Waals surface area contributed by atoms with Gasteiger partial charge in [-0.25, -0.2) is 14.8 Å². The zero-order valence-corrected chi connectivity index (χ0v) is 13.1. The van der Waals surface area contributed by atoms with Crippen molar-refractivity contribution in [3.8, 4) is 0 Å². The van der Waals surface area contributed by atoms with E-state index in [2.05, 4.69) is 15.3 Å². The Hall–Kier alpha value is -2.08. The molecule has 3 rings (SSSR count). The molecule has 0 unspecified atom stereocenters. The minimum atomic E-state index is -0.564. The number of aromatic nitrogens is 2. The van der Waals surface area contributed by atoms with Crippen LogP contribution in [0.1, 0.15) is 46.6 Å². The van der Waals surface area contributed by atoms with E-state index in [4.69, 9.17) is 20.8 Å². The molecule has 0 atom stereocenters. The second-order valence-corrected chi connectivity index (χ2v) is 5.60. The molecule has 2 aromatic rings. The smallest absolute Gasteiger partial charge is 0.358 e. The predicted molar refractivity (Wildman–Crippen MR) is 81.1 cm³/mol. The molecule has 1 saturated carbocycles. The molecule has 1 aliphatic rings. The number of furan rings is 1. The number of methoxy groups -OCH3 is 1. The minimum absolute atomic E-state index is 0.0965. The maximum Gasteiger partial charge on any atom is 0.358 e. The van der Waals surface area contributed by atoms with Gasteiger partial charge in [-0.15, -0.1) is 0 Å². The number of ether oxygens (including phenoxy) is 1. The van der Waals surface area contributed by atoms with Gasteiger partial charge in [0.2, 0.25) is 0 Å². The number of esters is 1. The molecule has 1 aliphatic carbocycles. The van der Waals surface area contributed by atoms with E-state index in [1.165, 1.54) is 7.11 Å². The summed E-state index contributed by atoms with van der Waals surface area (Å²) >= 11 is 6.23. The molecule has 0 bridgehead atoms. The van der Waals surface area contributed by atoms with Gasteiger partial charge in [-0.05, 0) is 31.9 Å². The molecule has 0 aliphatic heterocycles. The molecule has 0 aromatic carbocycles. The van der Waals surface area contributed by atoms with Crippen LogP contribution in [0.15, 0.2) is 16.5 Å². The van der Waals surface area contributed by atoms with E-state index in [0.717, 1.165) is 24.4 Å². The van der Waals surface area contributed by atoms with Crippen molar-refractivity contribution in [2.45, 2.75) is 32.2 Å². The normalized spacial score (nSPS) is 14.0.